The summed E-state index contributed by atoms with van der Waals surface area (Å²) in [4.78, 5) is 51.9. The number of aromatic carboxylic acids is 1. The summed E-state index contributed by atoms with van der Waals surface area (Å²) in [6.45, 7) is 0. The minimum Gasteiger partial charge on any atom is -0.478 e. The van der Waals surface area contributed by atoms with Crippen LogP contribution in [0.15, 0.2) is 81.5 Å². The van der Waals surface area contributed by atoms with Gasteiger partial charge in [0.15, 0.2) is 5.17 Å². The Morgan fingerprint density at radius 1 is 1.16 bits per heavy atom. The highest BCUT2D eigenvalue weighted by molar-refractivity contribution is 8.18. The van der Waals surface area contributed by atoms with Crippen LogP contribution >= 0.6 is 35.1 Å². The normalized spacial score (nSPS) is 14.9. The zero-order valence-corrected chi connectivity index (χ0v) is 21.6. The number of hydrogen-bond acceptors (Lipinski definition) is 8. The lowest BCUT2D eigenvalue weighted by molar-refractivity contribution is -0.387. The van der Waals surface area contributed by atoms with E-state index in [2.05, 4.69) is 15.6 Å². The molecule has 4 rings (SSSR count). The number of amides is 2. The molecule has 13 heteroatoms. The molecule has 3 aromatic carbocycles. The van der Waals surface area contributed by atoms with Gasteiger partial charge in [-0.25, -0.2) is 9.79 Å². The molecule has 1 aliphatic rings. The second kappa shape index (κ2) is 11.9. The average molecular weight is 569 g/mol. The molecule has 0 saturated carbocycles. The molecule has 2 amide bonds. The molecule has 1 fully saturated rings. The molecular formula is C25H17ClN4O6S2. The van der Waals surface area contributed by atoms with E-state index in [-0.39, 0.29) is 43.7 Å². The predicted octanol–water partition coefficient (Wildman–Crippen LogP) is 5.57. The van der Waals surface area contributed by atoms with Crippen LogP contribution in [0.4, 0.5) is 17.1 Å². The van der Waals surface area contributed by atoms with E-state index in [1.807, 2.05) is 6.07 Å². The second-order valence-electron chi connectivity index (χ2n) is 7.64. The fraction of sp³-hybridized carbons (Fsp3) is 0.0400. The van der Waals surface area contributed by atoms with Crippen molar-refractivity contribution in [2.75, 3.05) is 11.1 Å². The maximum absolute atomic E-state index is 12.4. The van der Waals surface area contributed by atoms with E-state index in [1.54, 1.807) is 30.3 Å². The molecule has 10 nitrogen and oxygen atoms in total. The Bertz CT molecular complexity index is 1510. The van der Waals surface area contributed by atoms with Crippen molar-refractivity contribution in [2.45, 2.75) is 4.90 Å². The van der Waals surface area contributed by atoms with Gasteiger partial charge in [0.25, 0.3) is 11.6 Å². The molecule has 1 heterocycles. The molecule has 0 radical (unpaired) electrons. The van der Waals surface area contributed by atoms with Gasteiger partial charge in [-0.2, -0.15) is 0 Å². The summed E-state index contributed by atoms with van der Waals surface area (Å²) >= 11 is 7.91. The molecule has 38 heavy (non-hydrogen) atoms. The van der Waals surface area contributed by atoms with Crippen molar-refractivity contribution >= 4 is 81.2 Å². The topological polar surface area (TPSA) is 151 Å². The fourth-order valence-electron chi connectivity index (χ4n) is 3.25. The first-order valence-electron chi connectivity index (χ1n) is 10.8. The lowest BCUT2D eigenvalue weighted by Gasteiger charge is -2.06. The zero-order valence-electron chi connectivity index (χ0n) is 19.2. The Morgan fingerprint density at radius 3 is 2.63 bits per heavy atom. The monoisotopic (exact) mass is 568 g/mol. The van der Waals surface area contributed by atoms with Gasteiger partial charge in [-0.3, -0.25) is 19.7 Å². The second-order valence-corrected chi connectivity index (χ2v) is 10.1. The highest BCUT2D eigenvalue weighted by atomic mass is 35.5. The summed E-state index contributed by atoms with van der Waals surface area (Å²) in [5, 5.41) is 26.5. The largest absolute Gasteiger partial charge is 0.478 e. The smallest absolute Gasteiger partial charge is 0.337 e. The predicted molar refractivity (Wildman–Crippen MR) is 148 cm³/mol. The minimum absolute atomic E-state index is 0.0253. The molecule has 3 N–H and O–H groups in total. The van der Waals surface area contributed by atoms with E-state index in [1.165, 1.54) is 36.4 Å². The summed E-state index contributed by atoms with van der Waals surface area (Å²) in [7, 11) is 0. The van der Waals surface area contributed by atoms with Gasteiger partial charge >= 0.3 is 5.97 Å². The lowest BCUT2D eigenvalue weighted by atomic mass is 10.2. The number of nitro groups is 1. The lowest BCUT2D eigenvalue weighted by Crippen LogP contribution is -2.19. The van der Waals surface area contributed by atoms with Crippen LogP contribution in [0.3, 0.4) is 0 Å². The van der Waals surface area contributed by atoms with Gasteiger partial charge in [-0.15, -0.1) is 11.8 Å². The number of thioether (sulfide) groups is 2. The number of carbonyl (C=O) groups excluding carboxylic acids is 2. The summed E-state index contributed by atoms with van der Waals surface area (Å²) in [6, 6.07) is 17.5. The Balaban J connectivity index is 1.48. The van der Waals surface area contributed by atoms with Crippen LogP contribution in [0.1, 0.15) is 15.9 Å². The third-order valence-electron chi connectivity index (χ3n) is 4.96. The molecule has 0 unspecified atom stereocenters. The van der Waals surface area contributed by atoms with Crippen molar-refractivity contribution in [3.05, 3.63) is 97.9 Å². The highest BCUT2D eigenvalue weighted by Crippen LogP contribution is 2.33. The van der Waals surface area contributed by atoms with Crippen LogP contribution in [-0.2, 0) is 9.59 Å². The van der Waals surface area contributed by atoms with Crippen LogP contribution in [-0.4, -0.2) is 38.7 Å². The van der Waals surface area contributed by atoms with Crippen LogP contribution in [0, 0.1) is 10.1 Å². The molecule has 192 valence electrons. The van der Waals surface area contributed by atoms with Gasteiger partial charge in [-0.1, -0.05) is 35.9 Å². The third kappa shape index (κ3) is 6.79. The third-order valence-corrected chi connectivity index (χ3v) is 7.26. The van der Waals surface area contributed by atoms with Gasteiger partial charge in [-0.05, 0) is 59.8 Å². The fourth-order valence-corrected chi connectivity index (χ4v) is 5.09. The minimum atomic E-state index is -1.21. The van der Waals surface area contributed by atoms with E-state index in [9.17, 15) is 29.6 Å². The van der Waals surface area contributed by atoms with Crippen LogP contribution in [0.2, 0.25) is 5.02 Å². The van der Waals surface area contributed by atoms with E-state index in [4.69, 9.17) is 11.6 Å². The first-order valence-corrected chi connectivity index (χ1v) is 13.0. The number of nitrogens with one attached hydrogen (secondary N) is 2. The first kappa shape index (κ1) is 26.9. The van der Waals surface area contributed by atoms with E-state index in [0.717, 1.165) is 23.5 Å². The number of carboxylic acid groups (broad SMARTS) is 1. The number of rotatable bonds is 8. The molecule has 0 spiro atoms. The number of para-hydroxylation sites is 1. The first-order chi connectivity index (χ1) is 18.2. The van der Waals surface area contributed by atoms with Gasteiger partial charge < -0.3 is 15.7 Å². The summed E-state index contributed by atoms with van der Waals surface area (Å²) in [5.41, 5.74) is 0.999. The van der Waals surface area contributed by atoms with Crippen molar-refractivity contribution in [1.82, 2.24) is 5.32 Å². The van der Waals surface area contributed by atoms with Crippen LogP contribution in [0.5, 0.6) is 0 Å². The SMILES string of the molecule is O=C(CSc1ccc(/C=C2\SC(=Nc3ccc(Cl)c(C(=O)O)c3)NC2=O)cc1[N+](=O)[O-])Nc1ccccc1. The Labute approximate surface area is 229 Å². The molecule has 3 aromatic rings. The number of nitrogens with zero attached hydrogens (tertiary/aromatic N) is 2. The number of anilines is 1. The van der Waals surface area contributed by atoms with Gasteiger partial charge in [0, 0.05) is 11.8 Å². The molecule has 0 atom stereocenters. The Morgan fingerprint density at radius 2 is 1.92 bits per heavy atom. The van der Waals surface area contributed by atoms with Gasteiger partial charge in [0.2, 0.25) is 5.91 Å². The van der Waals surface area contributed by atoms with E-state index >= 15 is 0 Å². The molecule has 1 aliphatic heterocycles. The summed E-state index contributed by atoms with van der Waals surface area (Å²) in [6.07, 6.45) is 1.48. The number of aliphatic imine (C=N–C) groups is 1. The van der Waals surface area contributed by atoms with Crippen molar-refractivity contribution in [1.29, 1.82) is 0 Å². The van der Waals surface area contributed by atoms with Crippen molar-refractivity contribution < 1.29 is 24.4 Å². The quantitative estimate of drug-likeness (QED) is 0.138. The van der Waals surface area contributed by atoms with Crippen LogP contribution < -0.4 is 10.6 Å². The molecule has 0 aromatic heterocycles. The summed E-state index contributed by atoms with van der Waals surface area (Å²) in [5.74, 6) is -1.99. The average Bonchev–Trinajstić information content (AvgIpc) is 3.22. The van der Waals surface area contributed by atoms with Crippen molar-refractivity contribution in [3.63, 3.8) is 0 Å². The van der Waals surface area contributed by atoms with Crippen molar-refractivity contribution in [3.8, 4) is 0 Å². The number of amidine groups is 1. The number of halogens is 1. The summed E-state index contributed by atoms with van der Waals surface area (Å²) < 4.78 is 0. The van der Waals surface area contributed by atoms with Crippen LogP contribution in [0.25, 0.3) is 6.08 Å². The number of hydrogen-bond donors (Lipinski definition) is 3. The molecule has 0 aliphatic carbocycles. The number of carbonyl (C=O) groups is 3. The highest BCUT2D eigenvalue weighted by Gasteiger charge is 2.25. The molecule has 0 bridgehead atoms. The van der Waals surface area contributed by atoms with Gasteiger partial charge in [0.1, 0.15) is 0 Å². The molecular weight excluding hydrogens is 552 g/mol. The van der Waals surface area contributed by atoms with Crippen molar-refractivity contribution in [2.24, 2.45) is 4.99 Å². The Kier molecular flexibility index (Phi) is 8.46. The zero-order chi connectivity index (χ0) is 27.2. The number of nitro benzene ring substituents is 1. The molecule has 1 saturated heterocycles. The number of carboxylic acids is 1. The standard InChI is InChI=1S/C25H17ClN4O6S2/c26-18-8-7-16(12-17(18)24(33)34)28-25-29-23(32)21(38-25)11-14-6-9-20(19(10-14)30(35)36)37-13-22(31)27-15-4-2-1-3-5-15/h1-12H,13H2,(H,27,31)(H,33,34)(H,28,29,32)/b21-11-. The van der Waals surface area contributed by atoms with E-state index in [0.29, 0.717) is 16.1 Å². The van der Waals surface area contributed by atoms with E-state index < -0.39 is 16.8 Å². The van der Waals surface area contributed by atoms with Gasteiger partial charge in [0.05, 0.1) is 36.8 Å². The maximum atomic E-state index is 12.4. The number of benzene rings is 3. The Hall–Kier alpha value is -4.13. The maximum Gasteiger partial charge on any atom is 0.337 e.